The fourth-order valence-electron chi connectivity index (χ4n) is 5.95. The molecule has 0 aliphatic heterocycles. The van der Waals surface area contributed by atoms with Gasteiger partial charge in [-0.3, -0.25) is 0 Å². The predicted molar refractivity (Wildman–Crippen MR) is 203 cm³/mol. The maximum atomic E-state index is 12.6. The second kappa shape index (κ2) is 35.9. The molecule has 0 rings (SSSR count). The second-order valence-electron chi connectivity index (χ2n) is 14.7. The van der Waals surface area contributed by atoms with Gasteiger partial charge in [0.15, 0.2) is 0 Å². The van der Waals surface area contributed by atoms with Crippen molar-refractivity contribution in [1.82, 2.24) is 5.32 Å². The molecule has 0 saturated carbocycles. The molecule has 0 aromatic heterocycles. The molecule has 0 saturated heterocycles. The Hall–Kier alpha value is -0.890. The van der Waals surface area contributed by atoms with E-state index >= 15 is 0 Å². The molecule has 1 amide bonds. The SMILES string of the molecule is CCCCCCCCCCCCCCOCC(CNC(=O)OC(CC)COC(C)(C)COC)OCCCCCCCCCCCCCC. The highest BCUT2D eigenvalue weighted by atomic mass is 16.6. The Morgan fingerprint density at radius 3 is 1.46 bits per heavy atom. The molecule has 2 atom stereocenters. The second-order valence-corrected chi connectivity index (χ2v) is 14.7. The van der Waals surface area contributed by atoms with Gasteiger partial charge in [0.1, 0.15) is 6.10 Å². The average molecular weight is 686 g/mol. The van der Waals surface area contributed by atoms with Gasteiger partial charge >= 0.3 is 6.09 Å². The number of rotatable bonds is 38. The van der Waals surface area contributed by atoms with Crippen molar-refractivity contribution in [3.05, 3.63) is 0 Å². The zero-order chi connectivity index (χ0) is 35.4. The third-order valence-corrected chi connectivity index (χ3v) is 9.15. The first-order valence-electron chi connectivity index (χ1n) is 20.6. The van der Waals surface area contributed by atoms with Crippen LogP contribution in [0.4, 0.5) is 4.79 Å². The zero-order valence-corrected chi connectivity index (χ0v) is 33.0. The van der Waals surface area contributed by atoms with E-state index in [1.165, 1.54) is 141 Å². The Bertz CT molecular complexity index is 661. The number of carbonyl (C=O) groups excluding carboxylic acids is 1. The van der Waals surface area contributed by atoms with Gasteiger partial charge in [-0.15, -0.1) is 0 Å². The number of nitrogens with one attached hydrogen (secondary N) is 1. The van der Waals surface area contributed by atoms with Gasteiger partial charge in [-0.05, 0) is 33.1 Å². The van der Waals surface area contributed by atoms with Crippen LogP contribution in [0, 0.1) is 0 Å². The smallest absolute Gasteiger partial charge is 0.407 e. The van der Waals surface area contributed by atoms with Crippen LogP contribution in [-0.4, -0.2) is 70.6 Å². The first-order valence-corrected chi connectivity index (χ1v) is 20.6. The van der Waals surface area contributed by atoms with Crippen LogP contribution >= 0.6 is 0 Å². The minimum Gasteiger partial charge on any atom is -0.444 e. The third kappa shape index (κ3) is 33.6. The molecule has 0 bridgehead atoms. The van der Waals surface area contributed by atoms with E-state index in [1.54, 1.807) is 7.11 Å². The largest absolute Gasteiger partial charge is 0.444 e. The highest BCUT2D eigenvalue weighted by Gasteiger charge is 2.22. The van der Waals surface area contributed by atoms with E-state index in [-0.39, 0.29) is 12.2 Å². The number of carbonyl (C=O) groups is 1. The first-order chi connectivity index (χ1) is 23.4. The molecule has 0 aromatic rings. The average Bonchev–Trinajstić information content (AvgIpc) is 3.07. The van der Waals surface area contributed by atoms with Crippen molar-refractivity contribution in [2.45, 2.75) is 213 Å². The van der Waals surface area contributed by atoms with Crippen LogP contribution in [-0.2, 0) is 23.7 Å². The van der Waals surface area contributed by atoms with Gasteiger partial charge in [0, 0.05) is 26.9 Å². The maximum Gasteiger partial charge on any atom is 0.407 e. The van der Waals surface area contributed by atoms with Crippen molar-refractivity contribution >= 4 is 6.09 Å². The van der Waals surface area contributed by atoms with Crippen molar-refractivity contribution in [3.8, 4) is 0 Å². The minimum absolute atomic E-state index is 0.181. The Kier molecular flexibility index (Phi) is 35.3. The van der Waals surface area contributed by atoms with Crippen LogP contribution in [0.2, 0.25) is 0 Å². The predicted octanol–water partition coefficient (Wildman–Crippen LogP) is 11.7. The summed E-state index contributed by atoms with van der Waals surface area (Å²) in [5, 5.41) is 2.92. The quantitative estimate of drug-likeness (QED) is 0.0652. The fourth-order valence-corrected chi connectivity index (χ4v) is 5.95. The van der Waals surface area contributed by atoms with Gasteiger partial charge in [0.2, 0.25) is 0 Å². The molecule has 288 valence electrons. The van der Waals surface area contributed by atoms with Crippen molar-refractivity contribution in [1.29, 1.82) is 0 Å². The number of hydrogen-bond acceptors (Lipinski definition) is 6. The lowest BCUT2D eigenvalue weighted by molar-refractivity contribution is -0.0937. The normalized spacial score (nSPS) is 13.1. The van der Waals surface area contributed by atoms with Gasteiger partial charge in [-0.1, -0.05) is 162 Å². The zero-order valence-electron chi connectivity index (χ0n) is 33.0. The van der Waals surface area contributed by atoms with Gasteiger partial charge in [-0.25, -0.2) is 4.79 Å². The molecular formula is C41H83NO6. The Labute approximate surface area is 299 Å². The Morgan fingerprint density at radius 1 is 0.583 bits per heavy atom. The van der Waals surface area contributed by atoms with E-state index in [1.807, 2.05) is 20.8 Å². The summed E-state index contributed by atoms with van der Waals surface area (Å²) in [6.45, 7) is 13.6. The van der Waals surface area contributed by atoms with E-state index in [0.717, 1.165) is 19.4 Å². The van der Waals surface area contributed by atoms with Crippen LogP contribution in [0.25, 0.3) is 0 Å². The molecule has 0 fully saturated rings. The Balaban J connectivity index is 4.32. The van der Waals surface area contributed by atoms with Crippen molar-refractivity contribution in [3.63, 3.8) is 0 Å². The number of amides is 1. The molecule has 2 unspecified atom stereocenters. The fraction of sp³-hybridized carbons (Fsp3) is 0.976. The molecule has 0 aliphatic carbocycles. The van der Waals surface area contributed by atoms with Crippen molar-refractivity contribution in [2.24, 2.45) is 0 Å². The first kappa shape index (κ1) is 47.1. The molecule has 0 aliphatic rings. The highest BCUT2D eigenvalue weighted by Crippen LogP contribution is 2.15. The number of alkyl carbamates (subject to hydrolysis) is 1. The van der Waals surface area contributed by atoms with E-state index < -0.39 is 11.7 Å². The van der Waals surface area contributed by atoms with Crippen LogP contribution in [0.5, 0.6) is 0 Å². The van der Waals surface area contributed by atoms with Crippen LogP contribution < -0.4 is 5.32 Å². The van der Waals surface area contributed by atoms with Gasteiger partial charge in [0.05, 0.1) is 31.5 Å². The summed E-state index contributed by atoms with van der Waals surface area (Å²) in [6, 6.07) is 0. The summed E-state index contributed by atoms with van der Waals surface area (Å²) in [5.41, 5.74) is -0.431. The lowest BCUT2D eigenvalue weighted by atomic mass is 10.1. The number of ether oxygens (including phenoxy) is 5. The van der Waals surface area contributed by atoms with E-state index in [0.29, 0.717) is 39.4 Å². The molecule has 7 nitrogen and oxygen atoms in total. The topological polar surface area (TPSA) is 75.3 Å². The van der Waals surface area contributed by atoms with E-state index in [4.69, 9.17) is 23.7 Å². The summed E-state index contributed by atoms with van der Waals surface area (Å²) in [7, 11) is 1.66. The van der Waals surface area contributed by atoms with Gasteiger partial charge < -0.3 is 29.0 Å². The maximum absolute atomic E-state index is 12.6. The molecule has 0 spiro atoms. The summed E-state index contributed by atoms with van der Waals surface area (Å²) in [6.07, 6.45) is 31.6. The summed E-state index contributed by atoms with van der Waals surface area (Å²) in [5.74, 6) is 0. The molecule has 48 heavy (non-hydrogen) atoms. The van der Waals surface area contributed by atoms with Crippen LogP contribution in [0.1, 0.15) is 195 Å². The molecule has 7 heteroatoms. The minimum atomic E-state index is -0.435. The standard InChI is InChI=1S/C41H83NO6/c1-7-10-12-14-16-18-20-22-24-26-28-30-32-45-35-39(46-33-31-29-27-25-23-21-19-17-15-13-11-8-2)34-42-40(43)48-38(9-3)36-47-41(4,5)37-44-6/h38-39H,7-37H2,1-6H3,(H,42,43). The third-order valence-electron chi connectivity index (χ3n) is 9.15. The molecule has 0 aromatic carbocycles. The van der Waals surface area contributed by atoms with E-state index in [2.05, 4.69) is 19.2 Å². The molecule has 0 heterocycles. The summed E-state index contributed by atoms with van der Waals surface area (Å²) >= 11 is 0. The summed E-state index contributed by atoms with van der Waals surface area (Å²) < 4.78 is 29.1. The van der Waals surface area contributed by atoms with Gasteiger partial charge in [-0.2, -0.15) is 0 Å². The lowest BCUT2D eigenvalue weighted by Gasteiger charge is -2.27. The molecule has 1 N–H and O–H groups in total. The molecule has 0 radical (unpaired) electrons. The monoisotopic (exact) mass is 686 g/mol. The van der Waals surface area contributed by atoms with Crippen LogP contribution in [0.15, 0.2) is 0 Å². The van der Waals surface area contributed by atoms with E-state index in [9.17, 15) is 4.79 Å². The number of methoxy groups -OCH3 is 1. The van der Waals surface area contributed by atoms with Crippen molar-refractivity contribution < 1.29 is 28.5 Å². The highest BCUT2D eigenvalue weighted by molar-refractivity contribution is 5.67. The Morgan fingerprint density at radius 2 is 1.02 bits per heavy atom. The van der Waals surface area contributed by atoms with Crippen molar-refractivity contribution in [2.75, 3.05) is 46.7 Å². The summed E-state index contributed by atoms with van der Waals surface area (Å²) in [4.78, 5) is 12.6. The number of hydrogen-bond donors (Lipinski definition) is 1. The molecular weight excluding hydrogens is 602 g/mol. The lowest BCUT2D eigenvalue weighted by Crippen LogP contribution is -2.40. The van der Waals surface area contributed by atoms with Crippen LogP contribution in [0.3, 0.4) is 0 Å². The van der Waals surface area contributed by atoms with Gasteiger partial charge in [0.25, 0.3) is 0 Å². The number of unbranched alkanes of at least 4 members (excludes halogenated alkanes) is 22.